The summed E-state index contributed by atoms with van der Waals surface area (Å²) in [6.45, 7) is 5.84. The van der Waals surface area contributed by atoms with E-state index in [0.717, 1.165) is 44.9 Å². The van der Waals surface area contributed by atoms with Gasteiger partial charge in [0.15, 0.2) is 11.5 Å². The molecule has 10 heteroatoms. The number of amides is 2. The topological polar surface area (TPSA) is 92.8 Å². The van der Waals surface area contributed by atoms with E-state index in [0.29, 0.717) is 48.9 Å². The molecule has 2 amide bonds. The average molecular weight is 541 g/mol. The maximum absolute atomic E-state index is 13.2. The fraction of sp³-hybridized carbons (Fsp3) is 0.517. The van der Waals surface area contributed by atoms with Gasteiger partial charge in [0.05, 0.1) is 21.3 Å². The summed E-state index contributed by atoms with van der Waals surface area (Å²) in [4.78, 5) is 31.0. The molecule has 0 unspecified atom stereocenters. The first-order valence-corrected chi connectivity index (χ1v) is 13.4. The van der Waals surface area contributed by atoms with Gasteiger partial charge in [0.1, 0.15) is 12.4 Å². The zero-order valence-electron chi connectivity index (χ0n) is 23.4. The van der Waals surface area contributed by atoms with Crippen LogP contribution < -0.4 is 24.3 Å². The molecule has 1 atom stereocenters. The Balaban J connectivity index is 1.21. The smallest absolute Gasteiger partial charge is 0.254 e. The summed E-state index contributed by atoms with van der Waals surface area (Å²) in [6, 6.07) is 11.8. The lowest BCUT2D eigenvalue weighted by atomic mass is 10.1. The van der Waals surface area contributed by atoms with Crippen molar-refractivity contribution in [2.45, 2.75) is 25.4 Å². The van der Waals surface area contributed by atoms with Crippen LogP contribution in [0.3, 0.4) is 0 Å². The third kappa shape index (κ3) is 7.54. The number of nitrogens with zero attached hydrogens (tertiary/aromatic N) is 3. The molecule has 2 fully saturated rings. The molecular formula is C29H40N4O6. The average Bonchev–Trinajstić information content (AvgIpc) is 3.36. The lowest BCUT2D eigenvalue weighted by Crippen LogP contribution is -2.49. The van der Waals surface area contributed by atoms with Crippen LogP contribution in [0.1, 0.15) is 28.8 Å². The first kappa shape index (κ1) is 28.5. The van der Waals surface area contributed by atoms with Crippen molar-refractivity contribution in [3.05, 3.63) is 47.5 Å². The highest BCUT2D eigenvalue weighted by Crippen LogP contribution is 2.38. The Morgan fingerprint density at radius 3 is 2.36 bits per heavy atom. The number of carbonyl (C=O) groups is 2. The number of hydrogen-bond donors (Lipinski definition) is 1. The van der Waals surface area contributed by atoms with Gasteiger partial charge in [0, 0.05) is 63.8 Å². The van der Waals surface area contributed by atoms with Gasteiger partial charge in [-0.1, -0.05) is 12.1 Å². The summed E-state index contributed by atoms with van der Waals surface area (Å²) < 4.78 is 22.2. The number of ether oxygens (including phenoxy) is 4. The number of likely N-dealkylation sites (N-methyl/N-ethyl adjacent to an activating group) is 1. The molecule has 0 radical (unpaired) electrons. The van der Waals surface area contributed by atoms with Crippen LogP contribution in [0.15, 0.2) is 36.4 Å². The minimum absolute atomic E-state index is 0.0535. The van der Waals surface area contributed by atoms with Gasteiger partial charge in [-0.15, -0.1) is 0 Å². The first-order chi connectivity index (χ1) is 18.9. The minimum atomic E-state index is -0.0535. The standard InChI is InChI=1S/C29H40N4O6/c1-31(20-23-8-9-27(34)30-23)19-21-6-5-7-24(16-21)39-15-14-32-10-12-33(13-11-32)29(35)22-17-25(36-2)28(38-4)26(18-22)37-3/h5-7,16-18,23H,8-15,19-20H2,1-4H3,(H,30,34)/t23-/m0/s1. The third-order valence-electron chi connectivity index (χ3n) is 7.22. The number of methoxy groups -OCH3 is 3. The summed E-state index contributed by atoms with van der Waals surface area (Å²) >= 11 is 0. The minimum Gasteiger partial charge on any atom is -0.493 e. The van der Waals surface area contributed by atoms with Crippen molar-refractivity contribution in [3.8, 4) is 23.0 Å². The van der Waals surface area contributed by atoms with Crippen molar-refractivity contribution >= 4 is 11.8 Å². The van der Waals surface area contributed by atoms with Crippen LogP contribution in [0.5, 0.6) is 23.0 Å². The number of piperazine rings is 1. The van der Waals surface area contributed by atoms with Crippen molar-refractivity contribution in [1.82, 2.24) is 20.0 Å². The molecule has 10 nitrogen and oxygen atoms in total. The molecule has 39 heavy (non-hydrogen) atoms. The molecule has 2 aromatic rings. The fourth-order valence-electron chi connectivity index (χ4n) is 5.15. The van der Waals surface area contributed by atoms with Gasteiger partial charge < -0.3 is 34.1 Å². The van der Waals surface area contributed by atoms with Gasteiger partial charge in [-0.3, -0.25) is 14.5 Å². The maximum Gasteiger partial charge on any atom is 0.254 e. The number of rotatable bonds is 12. The summed E-state index contributed by atoms with van der Waals surface area (Å²) in [6.07, 6.45) is 1.53. The van der Waals surface area contributed by atoms with E-state index in [2.05, 4.69) is 34.3 Å². The van der Waals surface area contributed by atoms with E-state index < -0.39 is 0 Å². The Morgan fingerprint density at radius 2 is 1.74 bits per heavy atom. The zero-order chi connectivity index (χ0) is 27.8. The van der Waals surface area contributed by atoms with Crippen molar-refractivity contribution < 1.29 is 28.5 Å². The Kier molecular flexibility index (Phi) is 9.89. The second-order valence-electron chi connectivity index (χ2n) is 10.0. The van der Waals surface area contributed by atoms with Crippen LogP contribution in [0.25, 0.3) is 0 Å². The quantitative estimate of drug-likeness (QED) is 0.438. The summed E-state index contributed by atoms with van der Waals surface area (Å²) in [5, 5.41) is 3.03. The predicted molar refractivity (Wildman–Crippen MR) is 148 cm³/mol. The number of hydrogen-bond acceptors (Lipinski definition) is 8. The molecule has 0 aliphatic carbocycles. The second kappa shape index (κ2) is 13.5. The van der Waals surface area contributed by atoms with Crippen LogP contribution in [-0.4, -0.2) is 107 Å². The Morgan fingerprint density at radius 1 is 1.03 bits per heavy atom. The zero-order valence-corrected chi connectivity index (χ0v) is 23.4. The highest BCUT2D eigenvalue weighted by atomic mass is 16.5. The molecule has 212 valence electrons. The SMILES string of the molecule is COc1cc(C(=O)N2CCN(CCOc3cccc(CN(C)C[C@@H]4CCC(=O)N4)c3)CC2)cc(OC)c1OC. The monoisotopic (exact) mass is 540 g/mol. The molecule has 0 saturated carbocycles. The van der Waals surface area contributed by atoms with Crippen molar-refractivity contribution in [2.75, 3.05) is 74.3 Å². The Labute approximate surface area is 230 Å². The largest absolute Gasteiger partial charge is 0.493 e. The molecule has 2 saturated heterocycles. The molecule has 0 aromatic heterocycles. The Hall–Kier alpha value is -3.50. The predicted octanol–water partition coefficient (Wildman–Crippen LogP) is 2.26. The highest BCUT2D eigenvalue weighted by molar-refractivity contribution is 5.95. The van der Waals surface area contributed by atoms with E-state index in [-0.39, 0.29) is 17.9 Å². The van der Waals surface area contributed by atoms with Crippen LogP contribution in [-0.2, 0) is 11.3 Å². The van der Waals surface area contributed by atoms with Gasteiger partial charge in [-0.2, -0.15) is 0 Å². The normalized spacial score (nSPS) is 17.7. The summed E-state index contributed by atoms with van der Waals surface area (Å²) in [5.74, 6) is 2.35. The van der Waals surface area contributed by atoms with E-state index in [1.807, 2.05) is 17.0 Å². The molecular weight excluding hydrogens is 500 g/mol. The van der Waals surface area contributed by atoms with E-state index in [9.17, 15) is 9.59 Å². The molecule has 2 heterocycles. The molecule has 4 rings (SSSR count). The van der Waals surface area contributed by atoms with Gasteiger partial charge in [-0.25, -0.2) is 0 Å². The molecule has 2 aliphatic rings. The number of nitrogens with one attached hydrogen (secondary N) is 1. The van der Waals surface area contributed by atoms with Crippen molar-refractivity contribution in [3.63, 3.8) is 0 Å². The van der Waals surface area contributed by atoms with Crippen LogP contribution in [0, 0.1) is 0 Å². The molecule has 2 aromatic carbocycles. The third-order valence-corrected chi connectivity index (χ3v) is 7.22. The van der Waals surface area contributed by atoms with Crippen LogP contribution in [0.2, 0.25) is 0 Å². The molecule has 0 spiro atoms. The second-order valence-corrected chi connectivity index (χ2v) is 10.0. The van der Waals surface area contributed by atoms with Gasteiger partial charge in [0.25, 0.3) is 5.91 Å². The van der Waals surface area contributed by atoms with Gasteiger partial charge in [0.2, 0.25) is 11.7 Å². The van der Waals surface area contributed by atoms with E-state index >= 15 is 0 Å². The van der Waals surface area contributed by atoms with Crippen LogP contribution >= 0.6 is 0 Å². The van der Waals surface area contributed by atoms with E-state index in [4.69, 9.17) is 18.9 Å². The maximum atomic E-state index is 13.2. The van der Waals surface area contributed by atoms with Gasteiger partial charge >= 0.3 is 0 Å². The Bertz CT molecular complexity index is 1110. The van der Waals surface area contributed by atoms with Crippen LogP contribution in [0.4, 0.5) is 0 Å². The fourth-order valence-corrected chi connectivity index (χ4v) is 5.15. The molecule has 2 aliphatic heterocycles. The first-order valence-electron chi connectivity index (χ1n) is 13.4. The lowest BCUT2D eigenvalue weighted by molar-refractivity contribution is -0.119. The number of benzene rings is 2. The lowest BCUT2D eigenvalue weighted by Gasteiger charge is -2.34. The summed E-state index contributed by atoms with van der Waals surface area (Å²) in [7, 11) is 6.70. The molecule has 0 bridgehead atoms. The number of carbonyl (C=O) groups excluding carboxylic acids is 2. The highest BCUT2D eigenvalue weighted by Gasteiger charge is 2.25. The van der Waals surface area contributed by atoms with E-state index in [1.54, 1.807) is 33.5 Å². The molecule has 1 N–H and O–H groups in total. The van der Waals surface area contributed by atoms with Crippen molar-refractivity contribution in [1.29, 1.82) is 0 Å². The van der Waals surface area contributed by atoms with Gasteiger partial charge in [-0.05, 0) is 43.3 Å². The van der Waals surface area contributed by atoms with Crippen molar-refractivity contribution in [2.24, 2.45) is 0 Å². The summed E-state index contributed by atoms with van der Waals surface area (Å²) in [5.41, 5.74) is 1.69. The van der Waals surface area contributed by atoms with E-state index in [1.165, 1.54) is 5.56 Å².